The second kappa shape index (κ2) is 12.2. The Labute approximate surface area is 198 Å². The first-order valence-corrected chi connectivity index (χ1v) is 12.4. The van der Waals surface area contributed by atoms with Gasteiger partial charge in [-0.05, 0) is 67.6 Å². The van der Waals surface area contributed by atoms with Crippen LogP contribution in [-0.4, -0.2) is 37.6 Å². The van der Waals surface area contributed by atoms with Crippen molar-refractivity contribution in [1.82, 2.24) is 4.90 Å². The van der Waals surface area contributed by atoms with Gasteiger partial charge in [0.15, 0.2) is 11.6 Å². The quantitative estimate of drug-likeness (QED) is 0.506. The molecule has 0 saturated carbocycles. The number of amides is 1. The van der Waals surface area contributed by atoms with Crippen LogP contribution in [0.2, 0.25) is 0 Å². The predicted octanol–water partition coefficient (Wildman–Crippen LogP) is 6.67. The van der Waals surface area contributed by atoms with Crippen molar-refractivity contribution in [2.45, 2.75) is 65.8 Å². The molecule has 5 heteroatoms. The number of hydrogen-bond donors (Lipinski definition) is 0. The lowest BCUT2D eigenvalue weighted by atomic mass is 9.99. The van der Waals surface area contributed by atoms with Gasteiger partial charge >= 0.3 is 0 Å². The Kier molecular flexibility index (Phi) is 9.30. The number of ether oxygens (including phenoxy) is 1. The zero-order chi connectivity index (χ0) is 23.8. The number of methoxy groups -OCH3 is 1. The molecule has 3 rings (SSSR count). The van der Waals surface area contributed by atoms with Gasteiger partial charge in [0.2, 0.25) is 5.91 Å². The average molecular weight is 455 g/mol. The summed E-state index contributed by atoms with van der Waals surface area (Å²) in [6.45, 7) is 9.70. The van der Waals surface area contributed by atoms with Crippen molar-refractivity contribution in [3.05, 3.63) is 47.8 Å². The maximum Gasteiger partial charge on any atom is 0.223 e. The lowest BCUT2D eigenvalue weighted by molar-refractivity contribution is -0.116. The van der Waals surface area contributed by atoms with Crippen molar-refractivity contribution in [3.63, 3.8) is 0 Å². The monoisotopic (exact) mass is 454 g/mol. The van der Waals surface area contributed by atoms with E-state index in [0.29, 0.717) is 11.5 Å². The number of benzene rings is 2. The van der Waals surface area contributed by atoms with Gasteiger partial charge in [0, 0.05) is 31.3 Å². The largest absolute Gasteiger partial charge is 0.494 e. The highest BCUT2D eigenvalue weighted by molar-refractivity contribution is 5.92. The number of halogens is 1. The fraction of sp³-hybridized carbons (Fsp3) is 0.536. The molecular weight excluding hydrogens is 415 g/mol. The first-order valence-electron chi connectivity index (χ1n) is 12.4. The molecule has 2 aromatic rings. The molecular formula is C28H39FN2O2. The van der Waals surface area contributed by atoms with Gasteiger partial charge in [-0.15, -0.1) is 0 Å². The molecule has 0 unspecified atom stereocenters. The summed E-state index contributed by atoms with van der Waals surface area (Å²) in [5.74, 6) is 0.580. The van der Waals surface area contributed by atoms with Gasteiger partial charge in [-0.3, -0.25) is 9.69 Å². The second-order valence-electron chi connectivity index (χ2n) is 9.56. The Morgan fingerprint density at radius 3 is 2.48 bits per heavy atom. The molecule has 4 nitrogen and oxygen atoms in total. The first-order chi connectivity index (χ1) is 15.9. The fourth-order valence-electron chi connectivity index (χ4n) is 4.57. The molecule has 0 N–H and O–H groups in total. The van der Waals surface area contributed by atoms with Crippen LogP contribution >= 0.6 is 0 Å². The molecule has 0 spiro atoms. The molecule has 1 aliphatic heterocycles. The highest BCUT2D eigenvalue weighted by Crippen LogP contribution is 2.33. The molecule has 0 fully saturated rings. The van der Waals surface area contributed by atoms with Gasteiger partial charge in [-0.1, -0.05) is 51.3 Å². The van der Waals surface area contributed by atoms with E-state index in [1.54, 1.807) is 19.1 Å². The molecule has 1 heterocycles. The predicted molar refractivity (Wildman–Crippen MR) is 134 cm³/mol. The number of fused-ring (bicyclic) bond motifs is 1. The second-order valence-corrected chi connectivity index (χ2v) is 9.56. The highest BCUT2D eigenvalue weighted by atomic mass is 19.1. The summed E-state index contributed by atoms with van der Waals surface area (Å²) in [6, 6.07) is 11.2. The summed E-state index contributed by atoms with van der Waals surface area (Å²) in [7, 11) is 1.48. The van der Waals surface area contributed by atoms with Crippen molar-refractivity contribution in [2.24, 2.45) is 5.92 Å². The summed E-state index contributed by atoms with van der Waals surface area (Å²) < 4.78 is 20.2. The maximum absolute atomic E-state index is 15.0. The minimum atomic E-state index is -0.354. The third-order valence-electron chi connectivity index (χ3n) is 6.52. The summed E-state index contributed by atoms with van der Waals surface area (Å²) in [5, 5.41) is 0. The van der Waals surface area contributed by atoms with E-state index in [4.69, 9.17) is 4.74 Å². The molecule has 1 amide bonds. The van der Waals surface area contributed by atoms with Gasteiger partial charge in [0.25, 0.3) is 0 Å². The van der Waals surface area contributed by atoms with E-state index in [-0.39, 0.29) is 17.5 Å². The first kappa shape index (κ1) is 25.2. The van der Waals surface area contributed by atoms with Gasteiger partial charge in [0.1, 0.15) is 0 Å². The van der Waals surface area contributed by atoms with Crippen molar-refractivity contribution >= 4 is 11.6 Å². The average Bonchev–Trinajstić information content (AvgIpc) is 2.78. The van der Waals surface area contributed by atoms with Gasteiger partial charge in [-0.25, -0.2) is 4.39 Å². The summed E-state index contributed by atoms with van der Waals surface area (Å²) >= 11 is 0. The molecule has 1 aliphatic rings. The SMILES string of the molecule is COc1cccc(-c2ccc3c(c2)CN(CCC(C)C)CCCCCCCN3C(C)=O)c1F. The lowest BCUT2D eigenvalue weighted by Gasteiger charge is -2.29. The lowest BCUT2D eigenvalue weighted by Crippen LogP contribution is -2.33. The molecule has 2 aromatic carbocycles. The molecule has 33 heavy (non-hydrogen) atoms. The Hall–Kier alpha value is -2.40. The number of carbonyl (C=O) groups is 1. The van der Waals surface area contributed by atoms with E-state index in [2.05, 4.69) is 24.8 Å². The minimum Gasteiger partial charge on any atom is -0.494 e. The van der Waals surface area contributed by atoms with Crippen LogP contribution in [0.4, 0.5) is 10.1 Å². The van der Waals surface area contributed by atoms with Crippen LogP contribution in [-0.2, 0) is 11.3 Å². The molecule has 0 radical (unpaired) electrons. The summed E-state index contributed by atoms with van der Waals surface area (Å²) in [6.07, 6.45) is 6.90. The Balaban J connectivity index is 2.05. The normalized spacial score (nSPS) is 16.1. The van der Waals surface area contributed by atoms with Crippen molar-refractivity contribution < 1.29 is 13.9 Å². The van der Waals surface area contributed by atoms with Crippen molar-refractivity contribution in [3.8, 4) is 16.9 Å². The van der Waals surface area contributed by atoms with Gasteiger partial charge < -0.3 is 9.64 Å². The zero-order valence-corrected chi connectivity index (χ0v) is 20.7. The third-order valence-corrected chi connectivity index (χ3v) is 6.52. The maximum atomic E-state index is 15.0. The number of rotatable bonds is 5. The van der Waals surface area contributed by atoms with Crippen LogP contribution in [0.25, 0.3) is 11.1 Å². The Bertz CT molecular complexity index is 928. The van der Waals surface area contributed by atoms with E-state index in [9.17, 15) is 4.79 Å². The van der Waals surface area contributed by atoms with Gasteiger partial charge in [-0.2, -0.15) is 0 Å². The molecule has 0 aliphatic carbocycles. The van der Waals surface area contributed by atoms with Crippen LogP contribution in [0.5, 0.6) is 5.75 Å². The highest BCUT2D eigenvalue weighted by Gasteiger charge is 2.20. The minimum absolute atomic E-state index is 0.0577. The van der Waals surface area contributed by atoms with Crippen molar-refractivity contribution in [2.75, 3.05) is 31.6 Å². The van der Waals surface area contributed by atoms with Crippen molar-refractivity contribution in [1.29, 1.82) is 0 Å². The number of anilines is 1. The number of hydrogen-bond acceptors (Lipinski definition) is 3. The van der Waals surface area contributed by atoms with E-state index >= 15 is 4.39 Å². The summed E-state index contributed by atoms with van der Waals surface area (Å²) in [4.78, 5) is 17.0. The van der Waals surface area contributed by atoms with Crippen LogP contribution in [0.1, 0.15) is 64.9 Å². The standard InChI is InChI=1S/C28H39FN2O2/c1-21(2)15-18-30-16-8-6-5-7-9-17-31(22(3)32)26-14-13-23(19-24(26)20-30)25-11-10-12-27(33-4)28(25)29/h10-14,19,21H,5-9,15-18,20H2,1-4H3. The fourth-order valence-corrected chi connectivity index (χ4v) is 4.57. The van der Waals surface area contributed by atoms with Crippen LogP contribution in [0.3, 0.4) is 0 Å². The van der Waals surface area contributed by atoms with E-state index in [1.807, 2.05) is 23.1 Å². The van der Waals surface area contributed by atoms with Crippen LogP contribution < -0.4 is 9.64 Å². The van der Waals surface area contributed by atoms with Crippen LogP contribution in [0, 0.1) is 11.7 Å². The molecule has 0 aromatic heterocycles. The van der Waals surface area contributed by atoms with E-state index in [0.717, 1.165) is 62.3 Å². The summed E-state index contributed by atoms with van der Waals surface area (Å²) in [5.41, 5.74) is 3.36. The number of carbonyl (C=O) groups excluding carboxylic acids is 1. The molecule has 0 bridgehead atoms. The molecule has 0 saturated heterocycles. The molecule has 180 valence electrons. The van der Waals surface area contributed by atoms with E-state index < -0.39 is 0 Å². The Morgan fingerprint density at radius 2 is 1.79 bits per heavy atom. The van der Waals surface area contributed by atoms with E-state index in [1.165, 1.54) is 26.4 Å². The zero-order valence-electron chi connectivity index (χ0n) is 20.7. The smallest absolute Gasteiger partial charge is 0.223 e. The van der Waals surface area contributed by atoms with Crippen LogP contribution in [0.15, 0.2) is 36.4 Å². The van der Waals surface area contributed by atoms with Gasteiger partial charge in [0.05, 0.1) is 7.11 Å². The Morgan fingerprint density at radius 1 is 1.06 bits per heavy atom. The third kappa shape index (κ3) is 6.80. The molecule has 0 atom stereocenters. The number of nitrogens with zero attached hydrogens (tertiary/aromatic N) is 2. The topological polar surface area (TPSA) is 32.8 Å².